The lowest BCUT2D eigenvalue weighted by atomic mass is 10.0. The van der Waals surface area contributed by atoms with Crippen molar-refractivity contribution >= 4 is 23.2 Å². The highest BCUT2D eigenvalue weighted by atomic mass is 35.5. The van der Waals surface area contributed by atoms with Gasteiger partial charge in [0.1, 0.15) is 11.9 Å². The molecule has 0 spiro atoms. The van der Waals surface area contributed by atoms with Gasteiger partial charge in [0.25, 0.3) is 0 Å². The van der Waals surface area contributed by atoms with Crippen LogP contribution in [0.25, 0.3) is 11.1 Å². The molecule has 2 aromatic carbocycles. The van der Waals surface area contributed by atoms with Crippen LogP contribution in [0.3, 0.4) is 0 Å². The molecule has 3 rings (SSSR count). The van der Waals surface area contributed by atoms with Crippen molar-refractivity contribution in [2.24, 2.45) is 0 Å². The number of hydrogen-bond donors (Lipinski definition) is 0. The van der Waals surface area contributed by atoms with E-state index >= 15 is 0 Å². The molecule has 3 heteroatoms. The molecule has 1 heterocycles. The molecule has 1 atom stereocenters. The fourth-order valence-corrected chi connectivity index (χ4v) is 2.77. The highest BCUT2D eigenvalue weighted by Crippen LogP contribution is 2.41. The number of ether oxygens (including phenoxy) is 1. The van der Waals surface area contributed by atoms with Crippen molar-refractivity contribution in [3.63, 3.8) is 0 Å². The summed E-state index contributed by atoms with van der Waals surface area (Å²) in [7, 11) is 0. The molecule has 91 valence electrons. The van der Waals surface area contributed by atoms with Crippen molar-refractivity contribution in [1.82, 2.24) is 0 Å². The first-order chi connectivity index (χ1) is 8.65. The van der Waals surface area contributed by atoms with Gasteiger partial charge in [0, 0.05) is 22.6 Å². The summed E-state index contributed by atoms with van der Waals surface area (Å²) in [5, 5.41) is 1.26. The lowest BCUT2D eigenvalue weighted by Crippen LogP contribution is -2.06. The van der Waals surface area contributed by atoms with Gasteiger partial charge in [-0.2, -0.15) is 0 Å². The molecule has 0 N–H and O–H groups in total. The maximum atomic E-state index is 6.25. The molecule has 0 aliphatic carbocycles. The number of hydrogen-bond acceptors (Lipinski definition) is 1. The Hall–Kier alpha value is -1.18. The van der Waals surface area contributed by atoms with E-state index in [0.717, 1.165) is 23.3 Å². The normalized spacial score (nSPS) is 17.4. The average molecular weight is 278 g/mol. The molecule has 0 aromatic heterocycles. The molecule has 0 saturated heterocycles. The molecular weight excluding hydrogens is 267 g/mol. The first-order valence-electron chi connectivity index (χ1n) is 5.72. The van der Waals surface area contributed by atoms with Gasteiger partial charge >= 0.3 is 0 Å². The number of fused-ring (bicyclic) bond motifs is 1. The van der Waals surface area contributed by atoms with Gasteiger partial charge < -0.3 is 4.74 Å². The fourth-order valence-electron chi connectivity index (χ4n) is 2.26. The van der Waals surface area contributed by atoms with E-state index in [0.29, 0.717) is 10.0 Å². The fraction of sp³-hybridized carbons (Fsp3) is 0.133. The van der Waals surface area contributed by atoms with Crippen LogP contribution in [-0.2, 0) is 6.42 Å². The van der Waals surface area contributed by atoms with Gasteiger partial charge in [0.2, 0.25) is 0 Å². The van der Waals surface area contributed by atoms with Gasteiger partial charge in [-0.3, -0.25) is 0 Å². The molecule has 2 aromatic rings. The van der Waals surface area contributed by atoms with Crippen molar-refractivity contribution in [3.05, 3.63) is 58.9 Å². The number of rotatable bonds is 1. The Bertz CT molecular complexity index is 607. The lowest BCUT2D eigenvalue weighted by Gasteiger charge is -2.11. The molecule has 0 fully saturated rings. The van der Waals surface area contributed by atoms with Crippen LogP contribution in [0.2, 0.25) is 10.0 Å². The van der Waals surface area contributed by atoms with Crippen LogP contribution in [0.5, 0.6) is 5.75 Å². The zero-order valence-electron chi connectivity index (χ0n) is 9.62. The summed E-state index contributed by atoms with van der Waals surface area (Å²) in [6.07, 6.45) is 0.821. The largest absolute Gasteiger partial charge is 0.489 e. The maximum Gasteiger partial charge on any atom is 0.130 e. The van der Waals surface area contributed by atoms with Crippen molar-refractivity contribution in [3.8, 4) is 16.9 Å². The topological polar surface area (TPSA) is 9.23 Å². The third kappa shape index (κ3) is 1.98. The highest BCUT2D eigenvalue weighted by molar-refractivity contribution is 6.36. The van der Waals surface area contributed by atoms with E-state index in [1.807, 2.05) is 24.3 Å². The quantitative estimate of drug-likeness (QED) is 0.728. The smallest absolute Gasteiger partial charge is 0.130 e. The molecule has 0 saturated carbocycles. The van der Waals surface area contributed by atoms with Crippen LogP contribution in [0.1, 0.15) is 5.56 Å². The van der Waals surface area contributed by atoms with Gasteiger partial charge in [-0.15, -0.1) is 0 Å². The zero-order chi connectivity index (χ0) is 12.7. The summed E-state index contributed by atoms with van der Waals surface area (Å²) >= 11 is 12.2. The van der Waals surface area contributed by atoms with Gasteiger partial charge in [0.15, 0.2) is 0 Å². The van der Waals surface area contributed by atoms with E-state index in [1.54, 1.807) is 6.07 Å². The monoisotopic (exact) mass is 277 g/mol. The Morgan fingerprint density at radius 3 is 2.72 bits per heavy atom. The Balaban J connectivity index is 2.16. The van der Waals surface area contributed by atoms with Crippen LogP contribution in [0.15, 0.2) is 36.4 Å². The minimum absolute atomic E-state index is 0.0211. The minimum atomic E-state index is -0.0211. The highest BCUT2D eigenvalue weighted by Gasteiger charge is 2.23. The van der Waals surface area contributed by atoms with Gasteiger partial charge in [-0.25, -0.2) is 0 Å². The Kier molecular flexibility index (Phi) is 2.96. The van der Waals surface area contributed by atoms with Crippen LogP contribution in [0.4, 0.5) is 0 Å². The van der Waals surface area contributed by atoms with E-state index in [9.17, 15) is 0 Å². The summed E-state index contributed by atoms with van der Waals surface area (Å²) in [6.45, 7) is 3.95. The van der Waals surface area contributed by atoms with E-state index < -0.39 is 0 Å². The third-order valence-corrected chi connectivity index (χ3v) is 3.60. The Labute approximate surface area is 116 Å². The molecule has 1 aliphatic heterocycles. The number of halogens is 2. The van der Waals surface area contributed by atoms with Crippen molar-refractivity contribution < 1.29 is 4.74 Å². The molecule has 0 amide bonds. The lowest BCUT2D eigenvalue weighted by molar-refractivity contribution is 0.282. The van der Waals surface area contributed by atoms with Crippen molar-refractivity contribution in [1.29, 1.82) is 0 Å². The number of benzene rings is 2. The zero-order valence-corrected chi connectivity index (χ0v) is 11.1. The van der Waals surface area contributed by atoms with E-state index in [2.05, 4.69) is 13.0 Å². The molecule has 1 aliphatic rings. The predicted molar refractivity (Wildman–Crippen MR) is 75.4 cm³/mol. The second kappa shape index (κ2) is 4.49. The van der Waals surface area contributed by atoms with Gasteiger partial charge in [-0.05, 0) is 24.6 Å². The molecule has 1 unspecified atom stereocenters. The summed E-state index contributed by atoms with van der Waals surface area (Å²) < 4.78 is 5.77. The second-order valence-corrected chi connectivity index (χ2v) is 5.21. The van der Waals surface area contributed by atoms with Crippen LogP contribution < -0.4 is 4.74 Å². The molecule has 18 heavy (non-hydrogen) atoms. The SMILES string of the molecule is [CH2]C1Cc2cccc(-c3ccc(Cl)cc3Cl)c2O1. The Morgan fingerprint density at radius 2 is 1.94 bits per heavy atom. The summed E-state index contributed by atoms with van der Waals surface area (Å²) in [4.78, 5) is 0. The minimum Gasteiger partial charge on any atom is -0.489 e. The second-order valence-electron chi connectivity index (χ2n) is 4.36. The van der Waals surface area contributed by atoms with Crippen LogP contribution >= 0.6 is 23.2 Å². The maximum absolute atomic E-state index is 6.25. The molecule has 0 bridgehead atoms. The van der Waals surface area contributed by atoms with Crippen molar-refractivity contribution in [2.75, 3.05) is 0 Å². The third-order valence-electron chi connectivity index (χ3n) is 3.05. The van der Waals surface area contributed by atoms with Crippen LogP contribution in [0, 0.1) is 6.92 Å². The van der Waals surface area contributed by atoms with E-state index in [4.69, 9.17) is 27.9 Å². The summed E-state index contributed by atoms with van der Waals surface area (Å²) in [5.74, 6) is 0.890. The first-order valence-corrected chi connectivity index (χ1v) is 6.48. The van der Waals surface area contributed by atoms with Gasteiger partial charge in [-0.1, -0.05) is 47.5 Å². The van der Waals surface area contributed by atoms with Gasteiger partial charge in [0.05, 0.1) is 5.02 Å². The standard InChI is InChI=1S/C15H11Cl2O/c1-9-7-10-3-2-4-13(15(10)18-9)12-6-5-11(16)8-14(12)17/h2-6,8-9H,1,7H2. The average Bonchev–Trinajstić information content (AvgIpc) is 2.69. The summed E-state index contributed by atoms with van der Waals surface area (Å²) in [6, 6.07) is 11.6. The Morgan fingerprint density at radius 1 is 1.11 bits per heavy atom. The summed E-state index contributed by atoms with van der Waals surface area (Å²) in [5.41, 5.74) is 3.12. The number of para-hydroxylation sites is 1. The first kappa shape index (κ1) is 11.9. The molecular formula is C15H11Cl2O. The van der Waals surface area contributed by atoms with E-state index in [-0.39, 0.29) is 6.10 Å². The van der Waals surface area contributed by atoms with E-state index in [1.165, 1.54) is 5.56 Å². The van der Waals surface area contributed by atoms with Crippen LogP contribution in [-0.4, -0.2) is 6.10 Å². The molecule has 1 nitrogen and oxygen atoms in total. The van der Waals surface area contributed by atoms with Crippen molar-refractivity contribution in [2.45, 2.75) is 12.5 Å². The predicted octanol–water partition coefficient (Wildman–Crippen LogP) is 4.80. The molecule has 1 radical (unpaired) electrons.